The SMILES string of the molecule is CN(CCc1ccccc1)C(=O)c1cc2ccccn2n1. The number of amides is 1. The maximum atomic E-state index is 12.4. The van der Waals surface area contributed by atoms with Gasteiger partial charge in [-0.25, -0.2) is 4.52 Å². The Morgan fingerprint density at radius 3 is 2.67 bits per heavy atom. The van der Waals surface area contributed by atoms with Crippen molar-refractivity contribution in [3.8, 4) is 0 Å². The molecule has 0 aliphatic heterocycles. The molecule has 0 atom stereocenters. The molecule has 4 heteroatoms. The van der Waals surface area contributed by atoms with Gasteiger partial charge in [0.2, 0.25) is 0 Å². The third kappa shape index (κ3) is 2.94. The predicted octanol–water partition coefficient (Wildman–Crippen LogP) is 2.65. The normalized spacial score (nSPS) is 10.7. The molecule has 1 aromatic carbocycles. The summed E-state index contributed by atoms with van der Waals surface area (Å²) in [7, 11) is 1.81. The van der Waals surface area contributed by atoms with Gasteiger partial charge in [0.05, 0.1) is 5.52 Å². The van der Waals surface area contributed by atoms with Crippen molar-refractivity contribution in [3.63, 3.8) is 0 Å². The van der Waals surface area contributed by atoms with Crippen LogP contribution in [0.15, 0.2) is 60.8 Å². The van der Waals surface area contributed by atoms with Crippen LogP contribution in [0.2, 0.25) is 0 Å². The number of aromatic nitrogens is 2. The average molecular weight is 279 g/mol. The minimum absolute atomic E-state index is 0.0466. The number of nitrogens with zero attached hydrogens (tertiary/aromatic N) is 3. The molecule has 0 N–H and O–H groups in total. The monoisotopic (exact) mass is 279 g/mol. The number of rotatable bonds is 4. The first-order chi connectivity index (χ1) is 10.2. The van der Waals surface area contributed by atoms with Crippen LogP contribution in [0.1, 0.15) is 16.1 Å². The van der Waals surface area contributed by atoms with E-state index in [0.29, 0.717) is 12.2 Å². The molecule has 1 amide bonds. The van der Waals surface area contributed by atoms with Gasteiger partial charge >= 0.3 is 0 Å². The molecule has 106 valence electrons. The predicted molar refractivity (Wildman–Crippen MR) is 82.3 cm³/mol. The van der Waals surface area contributed by atoms with Crippen LogP contribution in [-0.4, -0.2) is 34.0 Å². The maximum absolute atomic E-state index is 12.4. The molecule has 0 bridgehead atoms. The fourth-order valence-electron chi connectivity index (χ4n) is 2.28. The van der Waals surface area contributed by atoms with E-state index in [1.807, 2.05) is 55.7 Å². The zero-order valence-electron chi connectivity index (χ0n) is 11.9. The lowest BCUT2D eigenvalue weighted by Gasteiger charge is -2.15. The van der Waals surface area contributed by atoms with Crippen LogP contribution in [0.5, 0.6) is 0 Å². The van der Waals surface area contributed by atoms with Crippen molar-refractivity contribution in [2.75, 3.05) is 13.6 Å². The molecular weight excluding hydrogens is 262 g/mol. The highest BCUT2D eigenvalue weighted by Gasteiger charge is 2.15. The van der Waals surface area contributed by atoms with Gasteiger partial charge in [0.1, 0.15) is 0 Å². The van der Waals surface area contributed by atoms with Crippen LogP contribution in [-0.2, 0) is 6.42 Å². The summed E-state index contributed by atoms with van der Waals surface area (Å²) in [6.45, 7) is 0.677. The highest BCUT2D eigenvalue weighted by Crippen LogP contribution is 2.09. The molecule has 0 saturated carbocycles. The van der Waals surface area contributed by atoms with Gasteiger partial charge in [0.25, 0.3) is 5.91 Å². The second-order valence-electron chi connectivity index (χ2n) is 5.06. The molecular formula is C17H17N3O. The van der Waals surface area contributed by atoms with Crippen molar-refractivity contribution in [2.45, 2.75) is 6.42 Å². The van der Waals surface area contributed by atoms with E-state index < -0.39 is 0 Å². The summed E-state index contributed by atoms with van der Waals surface area (Å²) in [6, 6.07) is 17.8. The first-order valence-electron chi connectivity index (χ1n) is 6.98. The summed E-state index contributed by atoms with van der Waals surface area (Å²) in [5, 5.41) is 4.31. The van der Waals surface area contributed by atoms with Crippen molar-refractivity contribution >= 4 is 11.4 Å². The van der Waals surface area contributed by atoms with Gasteiger partial charge in [-0.1, -0.05) is 36.4 Å². The number of pyridine rings is 1. The first-order valence-corrected chi connectivity index (χ1v) is 6.98. The van der Waals surface area contributed by atoms with Crippen molar-refractivity contribution in [3.05, 3.63) is 72.1 Å². The van der Waals surface area contributed by atoms with Crippen LogP contribution < -0.4 is 0 Å². The van der Waals surface area contributed by atoms with Gasteiger partial charge in [-0.2, -0.15) is 5.10 Å². The molecule has 3 aromatic rings. The van der Waals surface area contributed by atoms with E-state index in [2.05, 4.69) is 17.2 Å². The Bertz CT molecular complexity index is 716. The number of hydrogen-bond acceptors (Lipinski definition) is 2. The lowest BCUT2D eigenvalue weighted by atomic mass is 10.1. The van der Waals surface area contributed by atoms with Crippen molar-refractivity contribution in [1.82, 2.24) is 14.5 Å². The molecule has 0 unspecified atom stereocenters. The van der Waals surface area contributed by atoms with E-state index in [-0.39, 0.29) is 5.91 Å². The van der Waals surface area contributed by atoms with Gasteiger partial charge in [-0.3, -0.25) is 4.79 Å². The number of benzene rings is 1. The van der Waals surface area contributed by atoms with Crippen LogP contribution in [0.4, 0.5) is 0 Å². The minimum Gasteiger partial charge on any atom is -0.340 e. The zero-order valence-corrected chi connectivity index (χ0v) is 11.9. The molecule has 0 fully saturated rings. The molecule has 0 radical (unpaired) electrons. The number of carbonyl (C=O) groups excluding carboxylic acids is 1. The molecule has 21 heavy (non-hydrogen) atoms. The number of likely N-dealkylation sites (N-methyl/N-ethyl adjacent to an activating group) is 1. The van der Waals surface area contributed by atoms with E-state index in [1.165, 1.54) is 5.56 Å². The van der Waals surface area contributed by atoms with Crippen LogP contribution in [0.25, 0.3) is 5.52 Å². The van der Waals surface area contributed by atoms with Crippen molar-refractivity contribution < 1.29 is 4.79 Å². The van der Waals surface area contributed by atoms with E-state index in [4.69, 9.17) is 0 Å². The molecule has 0 aliphatic rings. The van der Waals surface area contributed by atoms with Gasteiger partial charge in [-0.05, 0) is 30.2 Å². The highest BCUT2D eigenvalue weighted by atomic mass is 16.2. The summed E-state index contributed by atoms with van der Waals surface area (Å²) in [4.78, 5) is 14.1. The van der Waals surface area contributed by atoms with Gasteiger partial charge in [0.15, 0.2) is 5.69 Å². The fraction of sp³-hybridized carbons (Fsp3) is 0.176. The Labute approximate surface area is 123 Å². The zero-order chi connectivity index (χ0) is 14.7. The summed E-state index contributed by atoms with van der Waals surface area (Å²) in [5.74, 6) is -0.0466. The number of fused-ring (bicyclic) bond motifs is 1. The summed E-state index contributed by atoms with van der Waals surface area (Å²) < 4.78 is 1.72. The molecule has 0 aliphatic carbocycles. The third-order valence-electron chi connectivity index (χ3n) is 3.51. The van der Waals surface area contributed by atoms with E-state index in [0.717, 1.165) is 11.9 Å². The number of carbonyl (C=O) groups is 1. The first kappa shape index (κ1) is 13.4. The Hall–Kier alpha value is -2.62. The van der Waals surface area contributed by atoms with Crippen molar-refractivity contribution in [2.24, 2.45) is 0 Å². The lowest BCUT2D eigenvalue weighted by molar-refractivity contribution is 0.0790. The van der Waals surface area contributed by atoms with Gasteiger partial charge in [0, 0.05) is 19.8 Å². The topological polar surface area (TPSA) is 37.6 Å². The molecule has 3 rings (SSSR count). The molecule has 0 saturated heterocycles. The van der Waals surface area contributed by atoms with Crippen LogP contribution >= 0.6 is 0 Å². The number of hydrogen-bond donors (Lipinski definition) is 0. The summed E-state index contributed by atoms with van der Waals surface area (Å²) in [5.41, 5.74) is 2.64. The summed E-state index contributed by atoms with van der Waals surface area (Å²) >= 11 is 0. The Kier molecular flexibility index (Phi) is 3.69. The molecule has 4 nitrogen and oxygen atoms in total. The standard InChI is InChI=1S/C17H17N3O/c1-19(12-10-14-7-3-2-4-8-14)17(21)16-13-15-9-5-6-11-20(15)18-16/h2-9,11,13H,10,12H2,1H3. The van der Waals surface area contributed by atoms with E-state index in [9.17, 15) is 4.79 Å². The molecule has 2 heterocycles. The van der Waals surface area contributed by atoms with Crippen molar-refractivity contribution in [1.29, 1.82) is 0 Å². The molecule has 2 aromatic heterocycles. The highest BCUT2D eigenvalue weighted by molar-refractivity contribution is 5.93. The van der Waals surface area contributed by atoms with Crippen LogP contribution in [0.3, 0.4) is 0 Å². The van der Waals surface area contributed by atoms with E-state index in [1.54, 1.807) is 9.42 Å². The Morgan fingerprint density at radius 1 is 1.14 bits per heavy atom. The Balaban J connectivity index is 1.69. The maximum Gasteiger partial charge on any atom is 0.274 e. The molecule has 0 spiro atoms. The van der Waals surface area contributed by atoms with Crippen LogP contribution in [0, 0.1) is 0 Å². The second kappa shape index (κ2) is 5.79. The van der Waals surface area contributed by atoms with E-state index >= 15 is 0 Å². The Morgan fingerprint density at radius 2 is 1.90 bits per heavy atom. The average Bonchev–Trinajstić information content (AvgIpc) is 2.97. The summed E-state index contributed by atoms with van der Waals surface area (Å²) in [6.07, 6.45) is 2.69. The minimum atomic E-state index is -0.0466. The van der Waals surface area contributed by atoms with Gasteiger partial charge in [-0.15, -0.1) is 0 Å². The fourth-order valence-corrected chi connectivity index (χ4v) is 2.28. The quantitative estimate of drug-likeness (QED) is 0.736. The second-order valence-corrected chi connectivity index (χ2v) is 5.06. The van der Waals surface area contributed by atoms with Gasteiger partial charge < -0.3 is 4.90 Å². The largest absolute Gasteiger partial charge is 0.340 e. The third-order valence-corrected chi connectivity index (χ3v) is 3.51. The smallest absolute Gasteiger partial charge is 0.274 e. The lowest BCUT2D eigenvalue weighted by Crippen LogP contribution is -2.29.